The van der Waals surface area contributed by atoms with Crippen LogP contribution in [0, 0.1) is 3.57 Å². The fourth-order valence-corrected chi connectivity index (χ4v) is 4.15. The van der Waals surface area contributed by atoms with Gasteiger partial charge in [-0.25, -0.2) is 4.79 Å². The third kappa shape index (κ3) is 2.22. The largest absolute Gasteiger partial charge is 0.439 e. The maximum absolute atomic E-state index is 12.9. The van der Waals surface area contributed by atoms with Crippen LogP contribution in [-0.2, 0) is 0 Å². The summed E-state index contributed by atoms with van der Waals surface area (Å²) in [6.45, 7) is 2.07. The van der Waals surface area contributed by atoms with Crippen LogP contribution in [0.3, 0.4) is 0 Å². The molecule has 2 heterocycles. The number of para-hydroxylation sites is 1. The Hall–Kier alpha value is -2.02. The molecule has 0 aliphatic carbocycles. The second-order valence-electron chi connectivity index (χ2n) is 6.08. The van der Waals surface area contributed by atoms with Crippen molar-refractivity contribution in [2.24, 2.45) is 0 Å². The highest BCUT2D eigenvalue weighted by Gasteiger charge is 2.45. The number of hydrogen-bond donors (Lipinski definition) is 0. The quantitative estimate of drug-likeness (QED) is 0.533. The molecule has 122 valence electrons. The maximum Gasteiger partial charge on any atom is 0.327 e. The van der Waals surface area contributed by atoms with Crippen molar-refractivity contribution < 1.29 is 9.21 Å². The van der Waals surface area contributed by atoms with Crippen LogP contribution in [0.15, 0.2) is 59.0 Å². The van der Waals surface area contributed by atoms with Crippen molar-refractivity contribution >= 4 is 45.5 Å². The second-order valence-corrected chi connectivity index (χ2v) is 7.16. The minimum atomic E-state index is -0.0715. The summed E-state index contributed by atoms with van der Waals surface area (Å²) in [6, 6.07) is 18.0. The zero-order valence-electron chi connectivity index (χ0n) is 13.4. The molecule has 1 aliphatic heterocycles. The monoisotopic (exact) mass is 432 g/mol. The van der Waals surface area contributed by atoms with Gasteiger partial charge in [0.15, 0.2) is 0 Å². The van der Waals surface area contributed by atoms with Crippen LogP contribution in [0.5, 0.6) is 0 Å². The molecule has 0 spiro atoms. The molecular formula is C19H17IN2O2. The van der Waals surface area contributed by atoms with Crippen LogP contribution in [0.2, 0.25) is 0 Å². The van der Waals surface area contributed by atoms with E-state index in [1.807, 2.05) is 49.5 Å². The molecule has 4 nitrogen and oxygen atoms in total. The van der Waals surface area contributed by atoms with Gasteiger partial charge in [0.2, 0.25) is 5.88 Å². The van der Waals surface area contributed by atoms with Gasteiger partial charge in [0.1, 0.15) is 5.58 Å². The number of amides is 2. The average Bonchev–Trinajstić information content (AvgIpc) is 3.05. The van der Waals surface area contributed by atoms with Crippen LogP contribution in [0.4, 0.5) is 10.7 Å². The predicted molar refractivity (Wildman–Crippen MR) is 103 cm³/mol. The number of urea groups is 1. The number of furan rings is 1. The maximum atomic E-state index is 12.9. The van der Waals surface area contributed by atoms with E-state index in [0.717, 1.165) is 20.1 Å². The number of rotatable bonds is 2. The summed E-state index contributed by atoms with van der Waals surface area (Å²) in [5.41, 5.74) is 1.91. The van der Waals surface area contributed by atoms with Crippen LogP contribution in [0.1, 0.15) is 18.5 Å². The van der Waals surface area contributed by atoms with Crippen LogP contribution in [0.25, 0.3) is 11.0 Å². The molecule has 2 atom stereocenters. The van der Waals surface area contributed by atoms with Crippen molar-refractivity contribution in [1.29, 1.82) is 0 Å². The molecule has 1 aromatic heterocycles. The Kier molecular flexibility index (Phi) is 3.75. The number of fused-ring (bicyclic) bond motifs is 1. The van der Waals surface area contributed by atoms with Gasteiger partial charge in [0.05, 0.1) is 15.7 Å². The summed E-state index contributed by atoms with van der Waals surface area (Å²) in [4.78, 5) is 16.5. The fraction of sp³-hybridized carbons (Fsp3) is 0.211. The first-order valence-electron chi connectivity index (χ1n) is 7.87. The minimum absolute atomic E-state index is 0.0340. The Balaban J connectivity index is 1.89. The van der Waals surface area contributed by atoms with Gasteiger partial charge < -0.3 is 9.32 Å². The van der Waals surface area contributed by atoms with Crippen molar-refractivity contribution in [3.63, 3.8) is 0 Å². The summed E-state index contributed by atoms with van der Waals surface area (Å²) in [5, 5.41) is 1.04. The molecule has 5 heteroatoms. The first-order valence-corrected chi connectivity index (χ1v) is 8.95. The number of nitrogens with zero attached hydrogens (tertiary/aromatic N) is 2. The summed E-state index contributed by atoms with van der Waals surface area (Å²) in [6.07, 6.45) is 0. The van der Waals surface area contributed by atoms with Crippen molar-refractivity contribution in [1.82, 2.24) is 4.90 Å². The van der Waals surface area contributed by atoms with Gasteiger partial charge in [0, 0.05) is 12.4 Å². The van der Waals surface area contributed by atoms with Gasteiger partial charge in [-0.15, -0.1) is 0 Å². The average molecular weight is 432 g/mol. The van der Waals surface area contributed by atoms with Crippen LogP contribution >= 0.6 is 22.6 Å². The minimum Gasteiger partial charge on any atom is -0.439 e. The van der Waals surface area contributed by atoms with Crippen molar-refractivity contribution in [2.45, 2.75) is 19.0 Å². The highest BCUT2D eigenvalue weighted by atomic mass is 127. The molecule has 4 rings (SSSR count). The summed E-state index contributed by atoms with van der Waals surface area (Å²) in [7, 11) is 1.85. The van der Waals surface area contributed by atoms with Crippen molar-refractivity contribution in [2.75, 3.05) is 11.9 Å². The topological polar surface area (TPSA) is 36.7 Å². The normalized spacial score (nSPS) is 21.0. The van der Waals surface area contributed by atoms with Crippen LogP contribution in [-0.4, -0.2) is 24.0 Å². The molecule has 1 fully saturated rings. The Morgan fingerprint density at radius 2 is 1.71 bits per heavy atom. The lowest BCUT2D eigenvalue weighted by atomic mass is 10.0. The Labute approximate surface area is 154 Å². The molecule has 0 bridgehead atoms. The third-order valence-corrected chi connectivity index (χ3v) is 5.77. The van der Waals surface area contributed by atoms with Gasteiger partial charge in [-0.2, -0.15) is 0 Å². The molecule has 0 saturated carbocycles. The van der Waals surface area contributed by atoms with Crippen molar-refractivity contribution in [3.8, 4) is 0 Å². The summed E-state index contributed by atoms with van der Waals surface area (Å²) < 4.78 is 7.04. The molecule has 1 saturated heterocycles. The number of hydrogen-bond acceptors (Lipinski definition) is 2. The van der Waals surface area contributed by atoms with E-state index in [0.29, 0.717) is 5.88 Å². The molecule has 3 aromatic rings. The molecule has 1 aliphatic rings. The SMILES string of the molecule is C[C@H]1[C@@H](c2ccccc2)N(c2oc3ccccc3c2I)C(=O)N1C. The van der Waals surface area contributed by atoms with E-state index in [2.05, 4.69) is 41.6 Å². The zero-order valence-corrected chi connectivity index (χ0v) is 15.6. The first-order chi connectivity index (χ1) is 11.6. The van der Waals surface area contributed by atoms with E-state index in [1.54, 1.807) is 9.80 Å². The van der Waals surface area contributed by atoms with Gasteiger partial charge in [-0.3, -0.25) is 4.90 Å². The summed E-state index contributed by atoms with van der Waals surface area (Å²) in [5.74, 6) is 0.631. The van der Waals surface area contributed by atoms with Gasteiger partial charge in [0.25, 0.3) is 0 Å². The standard InChI is InChI=1S/C19H17IN2O2/c1-12-17(13-8-4-3-5-9-13)22(19(23)21(12)2)18-16(20)14-10-6-7-11-15(14)24-18/h3-12,17H,1-2H3/t12-,17-/m0/s1. The number of likely N-dealkylation sites (N-methyl/N-ethyl adjacent to an activating group) is 1. The molecule has 2 aromatic carbocycles. The highest BCUT2D eigenvalue weighted by molar-refractivity contribution is 14.1. The molecule has 2 amide bonds. The van der Waals surface area contributed by atoms with Crippen LogP contribution < -0.4 is 4.90 Å². The van der Waals surface area contributed by atoms with E-state index in [9.17, 15) is 4.79 Å². The number of carbonyl (C=O) groups excluding carboxylic acids is 1. The number of anilines is 1. The number of carbonyl (C=O) groups is 1. The van der Waals surface area contributed by atoms with E-state index < -0.39 is 0 Å². The Morgan fingerprint density at radius 1 is 1.04 bits per heavy atom. The smallest absolute Gasteiger partial charge is 0.327 e. The Morgan fingerprint density at radius 3 is 2.42 bits per heavy atom. The number of halogens is 1. The molecule has 0 radical (unpaired) electrons. The highest BCUT2D eigenvalue weighted by Crippen LogP contribution is 2.43. The van der Waals surface area contributed by atoms with Gasteiger partial charge in [-0.1, -0.05) is 42.5 Å². The lowest BCUT2D eigenvalue weighted by molar-refractivity contribution is 0.220. The lowest BCUT2D eigenvalue weighted by Crippen LogP contribution is -2.30. The van der Waals surface area contributed by atoms with Gasteiger partial charge >= 0.3 is 6.03 Å². The molecular weight excluding hydrogens is 415 g/mol. The zero-order chi connectivity index (χ0) is 16.8. The molecule has 0 unspecified atom stereocenters. The fourth-order valence-electron chi connectivity index (χ4n) is 3.34. The third-order valence-electron chi connectivity index (χ3n) is 4.73. The Bertz CT molecular complexity index is 906. The van der Waals surface area contributed by atoms with E-state index >= 15 is 0 Å². The number of benzene rings is 2. The lowest BCUT2D eigenvalue weighted by Gasteiger charge is -2.24. The van der Waals surface area contributed by atoms with E-state index in [1.165, 1.54) is 0 Å². The summed E-state index contributed by atoms with van der Waals surface area (Å²) >= 11 is 2.27. The first kappa shape index (κ1) is 15.5. The predicted octanol–water partition coefficient (Wildman–Crippen LogP) is 5.04. The van der Waals surface area contributed by atoms with Gasteiger partial charge in [-0.05, 0) is 47.2 Å². The van der Waals surface area contributed by atoms with E-state index in [4.69, 9.17) is 4.42 Å². The van der Waals surface area contributed by atoms with Crippen molar-refractivity contribution in [3.05, 3.63) is 63.7 Å². The second kappa shape index (κ2) is 5.81. The van der Waals surface area contributed by atoms with E-state index in [-0.39, 0.29) is 18.1 Å². The molecule has 0 N–H and O–H groups in total. The molecule has 24 heavy (non-hydrogen) atoms.